The second-order valence-corrected chi connectivity index (χ2v) is 7.85. The molecule has 5 heteroatoms. The van der Waals surface area contributed by atoms with Crippen molar-refractivity contribution in [1.29, 1.82) is 0 Å². The number of rotatable bonds is 3. The van der Waals surface area contributed by atoms with Crippen LogP contribution in [-0.2, 0) is 4.74 Å². The van der Waals surface area contributed by atoms with E-state index in [2.05, 4.69) is 16.7 Å². The lowest BCUT2D eigenvalue weighted by Crippen LogP contribution is -2.50. The van der Waals surface area contributed by atoms with E-state index in [4.69, 9.17) is 9.15 Å². The minimum absolute atomic E-state index is 0.102. The number of amides is 2. The highest BCUT2D eigenvalue weighted by atomic mass is 16.5. The van der Waals surface area contributed by atoms with Crippen molar-refractivity contribution in [1.82, 2.24) is 10.6 Å². The van der Waals surface area contributed by atoms with Crippen molar-refractivity contribution in [2.24, 2.45) is 5.41 Å². The van der Waals surface area contributed by atoms with Gasteiger partial charge >= 0.3 is 6.03 Å². The molecule has 2 unspecified atom stereocenters. The fourth-order valence-electron chi connectivity index (χ4n) is 4.81. The van der Waals surface area contributed by atoms with Gasteiger partial charge in [-0.2, -0.15) is 0 Å². The van der Waals surface area contributed by atoms with Crippen LogP contribution in [0.5, 0.6) is 0 Å². The number of aryl methyl sites for hydroxylation is 1. The molecule has 2 fully saturated rings. The smallest absolute Gasteiger partial charge is 0.315 e. The molecule has 1 aromatic heterocycles. The molecule has 1 aliphatic heterocycles. The fourth-order valence-corrected chi connectivity index (χ4v) is 4.81. The van der Waals surface area contributed by atoms with Crippen molar-refractivity contribution < 1.29 is 13.9 Å². The van der Waals surface area contributed by atoms with Crippen LogP contribution >= 0.6 is 0 Å². The number of benzene rings is 1. The number of furan rings is 1. The zero-order valence-corrected chi connectivity index (χ0v) is 15.6. The molecule has 0 radical (unpaired) electrons. The highest BCUT2D eigenvalue weighted by Gasteiger charge is 2.44. The predicted molar refractivity (Wildman–Crippen MR) is 101 cm³/mol. The standard InChI is InChI=1S/C21H28N2O3/c1-14-16-6-3-4-7-17(16)26-19(14)15(2)22-20(24)23-18-8-5-9-21(18)10-12-25-13-11-21/h3-4,6-7,15,18H,5,8-13H2,1-2H3,(H2,22,23,24). The molecule has 1 saturated carbocycles. The van der Waals surface area contributed by atoms with E-state index in [1.54, 1.807) is 0 Å². The average Bonchev–Trinajstić information content (AvgIpc) is 3.17. The number of para-hydroxylation sites is 1. The number of ether oxygens (including phenoxy) is 1. The number of nitrogens with one attached hydrogen (secondary N) is 2. The Kier molecular flexibility index (Phi) is 4.65. The second kappa shape index (κ2) is 6.95. The first-order chi connectivity index (χ1) is 12.6. The van der Waals surface area contributed by atoms with Crippen molar-refractivity contribution in [2.75, 3.05) is 13.2 Å². The van der Waals surface area contributed by atoms with Crippen LogP contribution in [0.15, 0.2) is 28.7 Å². The maximum Gasteiger partial charge on any atom is 0.315 e. The Labute approximate surface area is 154 Å². The van der Waals surface area contributed by atoms with Crippen LogP contribution in [0.4, 0.5) is 4.79 Å². The molecule has 2 N–H and O–H groups in total. The summed E-state index contributed by atoms with van der Waals surface area (Å²) in [5, 5.41) is 7.42. The van der Waals surface area contributed by atoms with Gasteiger partial charge in [-0.1, -0.05) is 24.6 Å². The van der Waals surface area contributed by atoms with Crippen LogP contribution in [0.1, 0.15) is 56.4 Å². The molecular formula is C21H28N2O3. The third-order valence-corrected chi connectivity index (χ3v) is 6.32. The molecule has 2 amide bonds. The van der Waals surface area contributed by atoms with Gasteiger partial charge in [-0.3, -0.25) is 0 Å². The molecule has 2 aromatic rings. The van der Waals surface area contributed by atoms with Gasteiger partial charge in [0.05, 0.1) is 6.04 Å². The van der Waals surface area contributed by atoms with Gasteiger partial charge in [0.25, 0.3) is 0 Å². The molecule has 2 heterocycles. The third-order valence-electron chi connectivity index (χ3n) is 6.32. The minimum Gasteiger partial charge on any atom is -0.459 e. The van der Waals surface area contributed by atoms with Gasteiger partial charge in [-0.15, -0.1) is 0 Å². The quantitative estimate of drug-likeness (QED) is 0.854. The van der Waals surface area contributed by atoms with Crippen LogP contribution in [0, 0.1) is 12.3 Å². The van der Waals surface area contributed by atoms with E-state index < -0.39 is 0 Å². The summed E-state index contributed by atoms with van der Waals surface area (Å²) < 4.78 is 11.5. The van der Waals surface area contributed by atoms with Gasteiger partial charge in [-0.25, -0.2) is 4.79 Å². The molecular weight excluding hydrogens is 328 g/mol. The summed E-state index contributed by atoms with van der Waals surface area (Å²) in [6.45, 7) is 5.65. The number of fused-ring (bicyclic) bond motifs is 1. The number of carbonyl (C=O) groups is 1. The number of carbonyl (C=O) groups excluding carboxylic acids is 1. The topological polar surface area (TPSA) is 63.5 Å². The molecule has 1 saturated heterocycles. The van der Waals surface area contributed by atoms with Crippen LogP contribution in [0.3, 0.4) is 0 Å². The Bertz CT molecular complexity index is 792. The Balaban J connectivity index is 1.43. The maximum atomic E-state index is 12.6. The van der Waals surface area contributed by atoms with Crippen molar-refractivity contribution in [2.45, 2.75) is 58.0 Å². The monoisotopic (exact) mass is 356 g/mol. The Hall–Kier alpha value is -2.01. The lowest BCUT2D eigenvalue weighted by Gasteiger charge is -2.39. The van der Waals surface area contributed by atoms with Crippen molar-refractivity contribution in [3.05, 3.63) is 35.6 Å². The molecule has 5 nitrogen and oxygen atoms in total. The third kappa shape index (κ3) is 3.09. The molecule has 1 spiro atoms. The first-order valence-electron chi connectivity index (χ1n) is 9.72. The zero-order valence-electron chi connectivity index (χ0n) is 15.6. The van der Waals surface area contributed by atoms with E-state index >= 15 is 0 Å². The first-order valence-corrected chi connectivity index (χ1v) is 9.72. The summed E-state index contributed by atoms with van der Waals surface area (Å²) in [7, 11) is 0. The molecule has 2 atom stereocenters. The van der Waals surface area contributed by atoms with Gasteiger partial charge in [-0.05, 0) is 51.0 Å². The SMILES string of the molecule is Cc1c(C(C)NC(=O)NC2CCCC23CCOCC3)oc2ccccc12. The number of urea groups is 1. The Morgan fingerprint density at radius 2 is 2.00 bits per heavy atom. The predicted octanol–water partition coefficient (Wildman–Crippen LogP) is 4.45. The highest BCUT2D eigenvalue weighted by molar-refractivity contribution is 5.82. The average molecular weight is 356 g/mol. The highest BCUT2D eigenvalue weighted by Crippen LogP contribution is 2.46. The molecule has 2 aliphatic rings. The fraction of sp³-hybridized carbons (Fsp3) is 0.571. The summed E-state index contributed by atoms with van der Waals surface area (Å²) in [5.74, 6) is 0.827. The van der Waals surface area contributed by atoms with Gasteiger partial charge in [0.1, 0.15) is 11.3 Å². The number of hydrogen-bond donors (Lipinski definition) is 2. The van der Waals surface area contributed by atoms with Crippen LogP contribution < -0.4 is 10.6 Å². The molecule has 1 aliphatic carbocycles. The van der Waals surface area contributed by atoms with Crippen molar-refractivity contribution in [3.63, 3.8) is 0 Å². The summed E-state index contributed by atoms with van der Waals surface area (Å²) >= 11 is 0. The molecule has 140 valence electrons. The van der Waals surface area contributed by atoms with E-state index in [0.717, 1.165) is 54.8 Å². The van der Waals surface area contributed by atoms with Crippen molar-refractivity contribution in [3.8, 4) is 0 Å². The minimum atomic E-state index is -0.172. The van der Waals surface area contributed by atoms with E-state index in [0.29, 0.717) is 0 Å². The second-order valence-electron chi connectivity index (χ2n) is 7.85. The van der Waals surface area contributed by atoms with Crippen LogP contribution in [0.2, 0.25) is 0 Å². The van der Waals surface area contributed by atoms with Crippen LogP contribution in [0.25, 0.3) is 11.0 Å². The summed E-state index contributed by atoms with van der Waals surface area (Å²) in [6.07, 6.45) is 5.54. The molecule has 1 aromatic carbocycles. The summed E-state index contributed by atoms with van der Waals surface area (Å²) in [4.78, 5) is 12.6. The van der Waals surface area contributed by atoms with E-state index in [-0.39, 0.29) is 23.5 Å². The van der Waals surface area contributed by atoms with E-state index in [1.807, 2.05) is 32.0 Å². The van der Waals surface area contributed by atoms with Gasteiger partial charge in [0.15, 0.2) is 0 Å². The Morgan fingerprint density at radius 3 is 2.77 bits per heavy atom. The lowest BCUT2D eigenvalue weighted by molar-refractivity contribution is 0.00618. The lowest BCUT2D eigenvalue weighted by atomic mass is 9.75. The molecule has 26 heavy (non-hydrogen) atoms. The number of hydrogen-bond acceptors (Lipinski definition) is 3. The summed E-state index contributed by atoms with van der Waals surface area (Å²) in [6, 6.07) is 7.96. The van der Waals surface area contributed by atoms with E-state index in [1.165, 1.54) is 12.8 Å². The maximum absolute atomic E-state index is 12.6. The first kappa shape index (κ1) is 17.4. The Morgan fingerprint density at radius 1 is 1.23 bits per heavy atom. The summed E-state index contributed by atoms with van der Waals surface area (Å²) in [5.41, 5.74) is 2.19. The molecule has 4 rings (SSSR count). The molecule has 0 bridgehead atoms. The van der Waals surface area contributed by atoms with Crippen molar-refractivity contribution >= 4 is 17.0 Å². The normalized spacial score (nSPS) is 23.2. The van der Waals surface area contributed by atoms with Gasteiger partial charge < -0.3 is 19.8 Å². The van der Waals surface area contributed by atoms with Crippen LogP contribution in [-0.4, -0.2) is 25.3 Å². The van der Waals surface area contributed by atoms with E-state index in [9.17, 15) is 4.79 Å². The largest absolute Gasteiger partial charge is 0.459 e. The zero-order chi connectivity index (χ0) is 18.1. The van der Waals surface area contributed by atoms with Gasteiger partial charge in [0.2, 0.25) is 0 Å². The van der Waals surface area contributed by atoms with Gasteiger partial charge in [0, 0.05) is 30.2 Å².